The molecular formula is C4H3BiS. The van der Waals surface area contributed by atoms with Crippen LogP contribution in [0, 0.1) is 0 Å². The Morgan fingerprint density at radius 2 is 2.50 bits per heavy atom. The van der Waals surface area contributed by atoms with Gasteiger partial charge in [0.15, 0.2) is 0 Å². The fourth-order valence-electron chi connectivity index (χ4n) is 0.270. The summed E-state index contributed by atoms with van der Waals surface area (Å²) < 4.78 is 1.50. The molecule has 0 fully saturated rings. The van der Waals surface area contributed by atoms with Crippen LogP contribution in [0.15, 0.2) is 17.5 Å². The minimum absolute atomic E-state index is 1.39. The SMILES string of the molecule is [Bi][c]1cccs1. The zero-order valence-electron chi connectivity index (χ0n) is 3.09. The zero-order chi connectivity index (χ0) is 4.41. The van der Waals surface area contributed by atoms with Crippen LogP contribution in [0.2, 0.25) is 0 Å². The normalized spacial score (nSPS) is 8.83. The van der Waals surface area contributed by atoms with Crippen molar-refractivity contribution in [3.05, 3.63) is 17.5 Å². The Kier molecular flexibility index (Phi) is 1.61. The Hall–Kier alpha value is 0.583. The van der Waals surface area contributed by atoms with Gasteiger partial charge in [-0.25, -0.2) is 0 Å². The van der Waals surface area contributed by atoms with E-state index in [4.69, 9.17) is 0 Å². The van der Waals surface area contributed by atoms with Crippen LogP contribution in [0.3, 0.4) is 0 Å². The first-order valence-electron chi connectivity index (χ1n) is 1.62. The topological polar surface area (TPSA) is 0 Å². The third-order valence-corrected chi connectivity index (χ3v) is 2.99. The number of hydrogen-bond donors (Lipinski definition) is 0. The van der Waals surface area contributed by atoms with Gasteiger partial charge in [-0.3, -0.25) is 0 Å². The van der Waals surface area contributed by atoms with Crippen molar-refractivity contribution in [1.82, 2.24) is 0 Å². The summed E-state index contributed by atoms with van der Waals surface area (Å²) in [6, 6.07) is 4.23. The van der Waals surface area contributed by atoms with Crippen molar-refractivity contribution >= 4 is 38.6 Å². The molecule has 0 N–H and O–H groups in total. The maximum absolute atomic E-state index is 2.15. The van der Waals surface area contributed by atoms with E-state index in [0.29, 0.717) is 0 Å². The van der Waals surface area contributed by atoms with Crippen LogP contribution >= 0.6 is 11.3 Å². The number of hydrogen-bond acceptors (Lipinski definition) is 1. The fourth-order valence-corrected chi connectivity index (χ4v) is 1.77. The summed E-state index contributed by atoms with van der Waals surface area (Å²) in [7, 11) is 0. The van der Waals surface area contributed by atoms with Gasteiger partial charge in [0.25, 0.3) is 0 Å². The molecule has 1 aromatic rings. The van der Waals surface area contributed by atoms with Crippen LogP contribution in [0.25, 0.3) is 0 Å². The molecule has 0 aromatic carbocycles. The van der Waals surface area contributed by atoms with Gasteiger partial charge in [0.05, 0.1) is 0 Å². The molecule has 1 heterocycles. The summed E-state index contributed by atoms with van der Waals surface area (Å²) in [6.07, 6.45) is 0. The van der Waals surface area contributed by atoms with Gasteiger partial charge < -0.3 is 0 Å². The summed E-state index contributed by atoms with van der Waals surface area (Å²) in [4.78, 5) is 0. The molecule has 0 unspecified atom stereocenters. The Balaban J connectivity index is 3.05. The molecular weight excluding hydrogens is 289 g/mol. The zero-order valence-corrected chi connectivity index (χ0v) is 7.38. The molecule has 0 nitrogen and oxygen atoms in total. The second kappa shape index (κ2) is 2.04. The van der Waals surface area contributed by atoms with E-state index < -0.39 is 0 Å². The minimum atomic E-state index is 1.39. The van der Waals surface area contributed by atoms with Crippen molar-refractivity contribution in [1.29, 1.82) is 0 Å². The summed E-state index contributed by atoms with van der Waals surface area (Å²) in [5.41, 5.74) is 0. The molecule has 2 heteroatoms. The maximum atomic E-state index is 2.15. The van der Waals surface area contributed by atoms with E-state index in [1.165, 1.54) is 27.3 Å². The van der Waals surface area contributed by atoms with Crippen molar-refractivity contribution in [2.24, 2.45) is 0 Å². The quantitative estimate of drug-likeness (QED) is 0.612. The molecule has 1 aromatic heterocycles. The molecule has 30 valence electrons. The molecule has 0 saturated heterocycles. The van der Waals surface area contributed by atoms with Crippen molar-refractivity contribution < 1.29 is 0 Å². The average Bonchev–Trinajstić information content (AvgIpc) is 1.86. The van der Waals surface area contributed by atoms with Crippen molar-refractivity contribution in [2.75, 3.05) is 0 Å². The average molecular weight is 292 g/mol. The van der Waals surface area contributed by atoms with Gasteiger partial charge in [-0.2, -0.15) is 0 Å². The molecule has 0 aliphatic heterocycles. The van der Waals surface area contributed by atoms with Gasteiger partial charge in [-0.05, 0) is 0 Å². The molecule has 0 spiro atoms. The van der Waals surface area contributed by atoms with E-state index >= 15 is 0 Å². The van der Waals surface area contributed by atoms with Gasteiger partial charge in [-0.15, -0.1) is 0 Å². The molecule has 1 rings (SSSR count). The first-order chi connectivity index (χ1) is 2.89. The molecule has 0 aliphatic rings. The molecule has 2 radical (unpaired) electrons. The van der Waals surface area contributed by atoms with Crippen molar-refractivity contribution in [3.63, 3.8) is 0 Å². The molecule has 0 amide bonds. The summed E-state index contributed by atoms with van der Waals surface area (Å²) >= 11 is 3.22. The second-order valence-corrected chi connectivity index (χ2v) is 5.01. The van der Waals surface area contributed by atoms with Gasteiger partial charge in [0, 0.05) is 0 Å². The summed E-state index contributed by atoms with van der Waals surface area (Å²) in [5, 5.41) is 2.11. The molecule has 0 saturated carbocycles. The Morgan fingerprint density at radius 1 is 1.67 bits per heavy atom. The van der Waals surface area contributed by atoms with E-state index in [1.807, 2.05) is 11.3 Å². The first kappa shape index (κ1) is 4.74. The Morgan fingerprint density at radius 3 is 2.67 bits per heavy atom. The van der Waals surface area contributed by atoms with Crippen LogP contribution in [0.4, 0.5) is 0 Å². The predicted molar refractivity (Wildman–Crippen MR) is 29.7 cm³/mol. The molecule has 6 heavy (non-hydrogen) atoms. The third-order valence-electron chi connectivity index (χ3n) is 0.506. The van der Waals surface area contributed by atoms with Crippen molar-refractivity contribution in [2.45, 2.75) is 0 Å². The van der Waals surface area contributed by atoms with Crippen molar-refractivity contribution in [3.8, 4) is 0 Å². The first-order valence-corrected chi connectivity index (χ1v) is 4.24. The predicted octanol–water partition coefficient (Wildman–Crippen LogP) is 0.542. The van der Waals surface area contributed by atoms with E-state index in [2.05, 4.69) is 17.5 Å². The fraction of sp³-hybridized carbons (Fsp3) is 0. The monoisotopic (exact) mass is 292 g/mol. The third kappa shape index (κ3) is 1.02. The van der Waals surface area contributed by atoms with E-state index in [9.17, 15) is 0 Å². The second-order valence-electron chi connectivity index (χ2n) is 0.951. The van der Waals surface area contributed by atoms with Gasteiger partial charge in [0.2, 0.25) is 0 Å². The van der Waals surface area contributed by atoms with Gasteiger partial charge in [-0.1, -0.05) is 0 Å². The Labute approximate surface area is 56.0 Å². The summed E-state index contributed by atoms with van der Waals surface area (Å²) in [6.45, 7) is 0. The number of rotatable bonds is 0. The van der Waals surface area contributed by atoms with E-state index in [1.54, 1.807) is 0 Å². The molecule has 0 bridgehead atoms. The summed E-state index contributed by atoms with van der Waals surface area (Å²) in [5.74, 6) is 0. The van der Waals surface area contributed by atoms with Crippen LogP contribution in [-0.4, -0.2) is 24.7 Å². The van der Waals surface area contributed by atoms with Crippen LogP contribution < -0.4 is 2.59 Å². The van der Waals surface area contributed by atoms with Gasteiger partial charge in [0.1, 0.15) is 0 Å². The Bertz CT molecular complexity index is 111. The molecule has 0 aliphatic carbocycles. The van der Waals surface area contributed by atoms with E-state index in [-0.39, 0.29) is 0 Å². The standard InChI is InChI=1S/C4H3S.Bi/c1-2-4-5-3-1;/h1-3H;. The van der Waals surface area contributed by atoms with Crippen LogP contribution in [0.5, 0.6) is 0 Å². The van der Waals surface area contributed by atoms with Crippen LogP contribution in [-0.2, 0) is 0 Å². The van der Waals surface area contributed by atoms with Crippen LogP contribution in [0.1, 0.15) is 0 Å². The molecule has 0 atom stereocenters. The number of thiophene rings is 1. The van der Waals surface area contributed by atoms with Gasteiger partial charge >= 0.3 is 56.2 Å². The van der Waals surface area contributed by atoms with E-state index in [0.717, 1.165) is 0 Å².